The summed E-state index contributed by atoms with van der Waals surface area (Å²) in [4.78, 5) is 16.4. The highest BCUT2D eigenvalue weighted by atomic mass is 16.3. The lowest BCUT2D eigenvalue weighted by Gasteiger charge is -2.02. The van der Waals surface area contributed by atoms with Gasteiger partial charge in [0.05, 0.1) is 11.4 Å². The lowest BCUT2D eigenvalue weighted by Crippen LogP contribution is -2.15. The molecule has 0 spiro atoms. The molecule has 3 rings (SSSR count). The van der Waals surface area contributed by atoms with Gasteiger partial charge in [-0.1, -0.05) is 0 Å². The average molecular weight is 267 g/mol. The molecule has 0 fully saturated rings. The number of pyridine rings is 1. The van der Waals surface area contributed by atoms with Gasteiger partial charge in [0.15, 0.2) is 0 Å². The summed E-state index contributed by atoms with van der Waals surface area (Å²) >= 11 is 0. The van der Waals surface area contributed by atoms with Gasteiger partial charge in [0, 0.05) is 23.5 Å². The van der Waals surface area contributed by atoms with Crippen molar-refractivity contribution in [2.75, 3.05) is 0 Å². The maximum Gasteiger partial charge on any atom is 0.274 e. The smallest absolute Gasteiger partial charge is 0.274 e. The maximum absolute atomic E-state index is 12.3. The topological polar surface area (TPSA) is 70.9 Å². The van der Waals surface area contributed by atoms with E-state index in [0.29, 0.717) is 11.3 Å². The first-order valence-corrected chi connectivity index (χ1v) is 6.18. The third-order valence-corrected chi connectivity index (χ3v) is 3.18. The van der Waals surface area contributed by atoms with E-state index in [0.717, 1.165) is 11.3 Å². The molecular formula is C15H13N3O2. The zero-order chi connectivity index (χ0) is 14.1. The first kappa shape index (κ1) is 12.2. The molecule has 3 aromatic rings. The second-order valence-corrected chi connectivity index (χ2v) is 4.51. The number of H-pyrrole nitrogens is 1. The highest BCUT2D eigenvalue weighted by Crippen LogP contribution is 2.19. The van der Waals surface area contributed by atoms with Crippen LogP contribution in [0.15, 0.2) is 53.6 Å². The summed E-state index contributed by atoms with van der Waals surface area (Å²) in [7, 11) is 0. The van der Waals surface area contributed by atoms with Crippen molar-refractivity contribution in [3.63, 3.8) is 0 Å². The quantitative estimate of drug-likeness (QED) is 0.748. The molecule has 0 saturated heterocycles. The van der Waals surface area contributed by atoms with E-state index in [9.17, 15) is 9.90 Å². The van der Waals surface area contributed by atoms with Gasteiger partial charge in [0.2, 0.25) is 0 Å². The molecule has 0 bridgehead atoms. The number of aromatic hydroxyl groups is 1. The van der Waals surface area contributed by atoms with Crippen LogP contribution in [0.5, 0.6) is 5.75 Å². The van der Waals surface area contributed by atoms with Crippen molar-refractivity contribution < 1.29 is 5.11 Å². The Labute approximate surface area is 115 Å². The Balaban J connectivity index is 2.16. The number of nitrogens with zero attached hydrogens (tertiary/aromatic N) is 2. The van der Waals surface area contributed by atoms with Crippen LogP contribution in [-0.2, 0) is 0 Å². The van der Waals surface area contributed by atoms with Gasteiger partial charge in [0.1, 0.15) is 5.75 Å². The minimum absolute atomic E-state index is 0.116. The first-order chi connectivity index (χ1) is 9.66. The van der Waals surface area contributed by atoms with Crippen molar-refractivity contribution in [1.29, 1.82) is 0 Å². The van der Waals surface area contributed by atoms with Crippen LogP contribution in [0.2, 0.25) is 0 Å². The molecular weight excluding hydrogens is 254 g/mol. The SMILES string of the molecule is Cc1c(-c2cccnc2)[nH]n(-c2ccc(O)cc2)c1=O. The number of hydrogen-bond donors (Lipinski definition) is 2. The van der Waals surface area contributed by atoms with Gasteiger partial charge < -0.3 is 5.11 Å². The van der Waals surface area contributed by atoms with E-state index < -0.39 is 0 Å². The minimum atomic E-state index is -0.116. The highest BCUT2D eigenvalue weighted by Gasteiger charge is 2.12. The molecule has 2 N–H and O–H groups in total. The monoisotopic (exact) mass is 267 g/mol. The normalized spacial score (nSPS) is 10.7. The fourth-order valence-corrected chi connectivity index (χ4v) is 2.10. The summed E-state index contributed by atoms with van der Waals surface area (Å²) in [6, 6.07) is 10.2. The Morgan fingerprint density at radius 1 is 1.20 bits per heavy atom. The lowest BCUT2D eigenvalue weighted by molar-refractivity contribution is 0.475. The second-order valence-electron chi connectivity index (χ2n) is 4.51. The molecule has 2 aromatic heterocycles. The van der Waals surface area contributed by atoms with Gasteiger partial charge in [-0.3, -0.25) is 14.9 Å². The number of hydrogen-bond acceptors (Lipinski definition) is 3. The molecule has 0 amide bonds. The van der Waals surface area contributed by atoms with Gasteiger partial charge in [-0.2, -0.15) is 0 Å². The van der Waals surface area contributed by atoms with E-state index in [4.69, 9.17) is 0 Å². The van der Waals surface area contributed by atoms with E-state index in [-0.39, 0.29) is 11.3 Å². The van der Waals surface area contributed by atoms with Crippen LogP contribution in [0.4, 0.5) is 0 Å². The van der Waals surface area contributed by atoms with Crippen molar-refractivity contribution >= 4 is 0 Å². The number of phenolic OH excluding ortho intramolecular Hbond substituents is 1. The molecule has 0 aliphatic carbocycles. The molecule has 0 aliphatic rings. The molecule has 5 nitrogen and oxygen atoms in total. The number of aromatic nitrogens is 3. The van der Waals surface area contributed by atoms with E-state index in [1.165, 1.54) is 4.68 Å². The van der Waals surface area contributed by atoms with Crippen LogP contribution >= 0.6 is 0 Å². The van der Waals surface area contributed by atoms with E-state index in [1.807, 2.05) is 12.1 Å². The van der Waals surface area contributed by atoms with Crippen molar-refractivity contribution in [3.8, 4) is 22.7 Å². The van der Waals surface area contributed by atoms with E-state index in [2.05, 4.69) is 10.1 Å². The summed E-state index contributed by atoms with van der Waals surface area (Å²) < 4.78 is 1.46. The Morgan fingerprint density at radius 3 is 2.60 bits per heavy atom. The van der Waals surface area contributed by atoms with Gasteiger partial charge in [-0.25, -0.2) is 4.68 Å². The number of aromatic amines is 1. The van der Waals surface area contributed by atoms with Crippen molar-refractivity contribution in [2.24, 2.45) is 0 Å². The summed E-state index contributed by atoms with van der Waals surface area (Å²) in [5, 5.41) is 12.4. The molecule has 1 aromatic carbocycles. The van der Waals surface area contributed by atoms with Crippen molar-refractivity contribution in [3.05, 3.63) is 64.7 Å². The Bertz CT molecular complexity index is 786. The van der Waals surface area contributed by atoms with Crippen LogP contribution < -0.4 is 5.56 Å². The van der Waals surface area contributed by atoms with Crippen LogP contribution in [0.3, 0.4) is 0 Å². The lowest BCUT2D eigenvalue weighted by atomic mass is 10.1. The van der Waals surface area contributed by atoms with Crippen molar-refractivity contribution in [1.82, 2.24) is 14.8 Å². The largest absolute Gasteiger partial charge is 0.508 e. The number of rotatable bonds is 2. The first-order valence-electron chi connectivity index (χ1n) is 6.18. The average Bonchev–Trinajstić information content (AvgIpc) is 2.77. The van der Waals surface area contributed by atoms with Gasteiger partial charge in [-0.15, -0.1) is 0 Å². The third kappa shape index (κ3) is 1.99. The van der Waals surface area contributed by atoms with Gasteiger partial charge in [0.25, 0.3) is 5.56 Å². The fourth-order valence-electron chi connectivity index (χ4n) is 2.10. The second kappa shape index (κ2) is 4.70. The molecule has 0 atom stereocenters. The fraction of sp³-hybridized carbons (Fsp3) is 0.0667. The summed E-state index contributed by atoms with van der Waals surface area (Å²) in [6.45, 7) is 1.78. The molecule has 5 heteroatoms. The van der Waals surface area contributed by atoms with E-state index in [1.54, 1.807) is 43.6 Å². The van der Waals surface area contributed by atoms with Crippen LogP contribution in [0.25, 0.3) is 16.9 Å². The molecule has 0 aliphatic heterocycles. The summed E-state index contributed by atoms with van der Waals surface area (Å²) in [5.74, 6) is 0.164. The predicted molar refractivity (Wildman–Crippen MR) is 76.0 cm³/mol. The molecule has 2 heterocycles. The maximum atomic E-state index is 12.3. The van der Waals surface area contributed by atoms with E-state index >= 15 is 0 Å². The van der Waals surface area contributed by atoms with Crippen LogP contribution in [0, 0.1) is 6.92 Å². The Morgan fingerprint density at radius 2 is 1.95 bits per heavy atom. The molecule has 0 radical (unpaired) electrons. The van der Waals surface area contributed by atoms with Crippen LogP contribution in [0.1, 0.15) is 5.56 Å². The number of benzene rings is 1. The molecule has 100 valence electrons. The zero-order valence-electron chi connectivity index (χ0n) is 10.9. The van der Waals surface area contributed by atoms with Crippen molar-refractivity contribution in [2.45, 2.75) is 6.92 Å². The molecule has 0 saturated carbocycles. The summed E-state index contributed by atoms with van der Waals surface area (Å²) in [6.07, 6.45) is 3.40. The number of nitrogens with one attached hydrogen (secondary N) is 1. The van der Waals surface area contributed by atoms with Crippen LogP contribution in [-0.4, -0.2) is 19.9 Å². The third-order valence-electron chi connectivity index (χ3n) is 3.18. The van der Waals surface area contributed by atoms with Gasteiger partial charge >= 0.3 is 0 Å². The van der Waals surface area contributed by atoms with Gasteiger partial charge in [-0.05, 0) is 43.3 Å². The number of phenols is 1. The highest BCUT2D eigenvalue weighted by molar-refractivity contribution is 5.61. The standard InChI is InChI=1S/C15H13N3O2/c1-10-14(11-3-2-8-16-9-11)17-18(15(10)20)12-4-6-13(19)7-5-12/h2-9,17,19H,1H3. The molecule has 20 heavy (non-hydrogen) atoms. The Kier molecular flexibility index (Phi) is 2.87. The summed E-state index contributed by atoms with van der Waals surface area (Å²) in [5.41, 5.74) is 2.79. The molecule has 0 unspecified atom stereocenters. The minimum Gasteiger partial charge on any atom is -0.508 e. The predicted octanol–water partition coefficient (Wildman–Crippen LogP) is 2.24. The Hall–Kier alpha value is -2.82. The zero-order valence-corrected chi connectivity index (χ0v) is 10.9.